The maximum atomic E-state index is 12.6. The third-order valence-corrected chi connectivity index (χ3v) is 6.37. The molecule has 3 heterocycles. The maximum absolute atomic E-state index is 12.6. The van der Waals surface area contributed by atoms with Crippen LogP contribution in [0.4, 0.5) is 5.82 Å². The van der Waals surface area contributed by atoms with Gasteiger partial charge >= 0.3 is 0 Å². The summed E-state index contributed by atoms with van der Waals surface area (Å²) in [6.45, 7) is 6.18. The highest BCUT2D eigenvalue weighted by atomic mass is 32.1. The van der Waals surface area contributed by atoms with E-state index in [0.717, 1.165) is 32.4 Å². The predicted molar refractivity (Wildman–Crippen MR) is 112 cm³/mol. The largest absolute Gasteiger partial charge is 0.310 e. The third-order valence-electron chi connectivity index (χ3n) is 5.38. The number of hydrogen-bond acceptors (Lipinski definition) is 4. The smallest absolute Gasteiger partial charge is 0.226 e. The Morgan fingerprint density at radius 2 is 1.96 bits per heavy atom. The molecule has 0 bridgehead atoms. The summed E-state index contributed by atoms with van der Waals surface area (Å²) in [5, 5.41) is 8.59. The Bertz CT molecular complexity index is 1240. The minimum Gasteiger partial charge on any atom is -0.310 e. The van der Waals surface area contributed by atoms with Crippen molar-refractivity contribution in [2.45, 2.75) is 33.1 Å². The number of aromatic nitrogens is 3. The van der Waals surface area contributed by atoms with Crippen LogP contribution < -0.4 is 5.32 Å². The van der Waals surface area contributed by atoms with Crippen LogP contribution >= 0.6 is 11.3 Å². The summed E-state index contributed by atoms with van der Waals surface area (Å²) in [6, 6.07) is 14.5. The zero-order chi connectivity index (χ0) is 19.4. The molecule has 0 saturated heterocycles. The fraction of sp³-hybridized carbons (Fsp3) is 0.227. The summed E-state index contributed by atoms with van der Waals surface area (Å²) in [4.78, 5) is 17.3. The molecule has 140 valence electrons. The Balaban J connectivity index is 1.69. The van der Waals surface area contributed by atoms with Gasteiger partial charge in [0.25, 0.3) is 0 Å². The van der Waals surface area contributed by atoms with Gasteiger partial charge in [0.15, 0.2) is 0 Å². The van der Waals surface area contributed by atoms with Crippen molar-refractivity contribution in [3.8, 4) is 5.13 Å². The first-order valence-electron chi connectivity index (χ1n) is 9.33. The van der Waals surface area contributed by atoms with E-state index >= 15 is 0 Å². The average Bonchev–Trinajstić information content (AvgIpc) is 3.22. The van der Waals surface area contributed by atoms with E-state index in [0.29, 0.717) is 6.42 Å². The monoisotopic (exact) mass is 388 g/mol. The van der Waals surface area contributed by atoms with Crippen molar-refractivity contribution in [2.24, 2.45) is 0 Å². The van der Waals surface area contributed by atoms with Gasteiger partial charge in [-0.1, -0.05) is 41.7 Å². The summed E-state index contributed by atoms with van der Waals surface area (Å²) in [6.07, 6.45) is 0.434. The normalized spacial score (nSPS) is 16.2. The molecule has 2 aromatic carbocycles. The number of nitrogens with one attached hydrogen (secondary N) is 1. The highest BCUT2D eigenvalue weighted by molar-refractivity contribution is 7.20. The summed E-state index contributed by atoms with van der Waals surface area (Å²) in [5.41, 5.74) is 6.54. The molecule has 5 nitrogen and oxygen atoms in total. The lowest BCUT2D eigenvalue weighted by molar-refractivity contribution is -0.116. The number of fused-ring (bicyclic) bond motifs is 2. The van der Waals surface area contributed by atoms with Gasteiger partial charge in [0.2, 0.25) is 11.0 Å². The molecule has 1 atom stereocenters. The molecule has 1 aliphatic rings. The minimum absolute atomic E-state index is 0.00956. The van der Waals surface area contributed by atoms with E-state index in [-0.39, 0.29) is 11.8 Å². The number of benzene rings is 2. The molecule has 2 aromatic heterocycles. The molecule has 5 rings (SSSR count). The van der Waals surface area contributed by atoms with E-state index in [1.54, 1.807) is 16.0 Å². The zero-order valence-corrected chi connectivity index (χ0v) is 16.8. The lowest BCUT2D eigenvalue weighted by atomic mass is 9.84. The van der Waals surface area contributed by atoms with Crippen molar-refractivity contribution in [2.75, 3.05) is 5.32 Å². The molecule has 0 fully saturated rings. The van der Waals surface area contributed by atoms with E-state index in [2.05, 4.69) is 43.4 Å². The molecule has 0 spiro atoms. The third kappa shape index (κ3) is 2.64. The molecule has 4 aromatic rings. The molecule has 1 amide bonds. The molecule has 28 heavy (non-hydrogen) atoms. The van der Waals surface area contributed by atoms with Crippen molar-refractivity contribution in [1.29, 1.82) is 0 Å². The summed E-state index contributed by atoms with van der Waals surface area (Å²) in [7, 11) is 0. The first-order chi connectivity index (χ1) is 13.5. The zero-order valence-electron chi connectivity index (χ0n) is 16.0. The van der Waals surface area contributed by atoms with Crippen LogP contribution in [0.3, 0.4) is 0 Å². The van der Waals surface area contributed by atoms with Crippen LogP contribution in [0, 0.1) is 20.8 Å². The molecular weight excluding hydrogens is 368 g/mol. The van der Waals surface area contributed by atoms with E-state index in [9.17, 15) is 4.79 Å². The van der Waals surface area contributed by atoms with Crippen LogP contribution in [0.15, 0.2) is 42.5 Å². The molecule has 1 N–H and O–H groups in total. The van der Waals surface area contributed by atoms with Crippen LogP contribution in [-0.4, -0.2) is 20.7 Å². The minimum atomic E-state index is 0.00956. The summed E-state index contributed by atoms with van der Waals surface area (Å²) in [5.74, 6) is 0.770. The number of anilines is 1. The second kappa shape index (κ2) is 6.27. The van der Waals surface area contributed by atoms with Gasteiger partial charge < -0.3 is 5.32 Å². The summed E-state index contributed by atoms with van der Waals surface area (Å²) >= 11 is 1.59. The van der Waals surface area contributed by atoms with Crippen LogP contribution in [0.25, 0.3) is 15.3 Å². The van der Waals surface area contributed by atoms with Crippen LogP contribution in [0.5, 0.6) is 0 Å². The number of nitrogens with zero attached hydrogens (tertiary/aromatic N) is 3. The van der Waals surface area contributed by atoms with Gasteiger partial charge in [-0.15, -0.1) is 0 Å². The molecular formula is C22H20N4OS. The Kier molecular flexibility index (Phi) is 3.84. The number of carbonyl (C=O) groups excluding carboxylic acids is 1. The lowest BCUT2D eigenvalue weighted by Gasteiger charge is -2.25. The summed E-state index contributed by atoms with van der Waals surface area (Å²) < 4.78 is 2.92. The second-order valence-corrected chi connectivity index (χ2v) is 8.40. The van der Waals surface area contributed by atoms with Gasteiger partial charge in [0.05, 0.1) is 15.9 Å². The van der Waals surface area contributed by atoms with Crippen molar-refractivity contribution >= 4 is 33.3 Å². The van der Waals surface area contributed by atoms with Crippen LogP contribution in [0.1, 0.15) is 40.3 Å². The van der Waals surface area contributed by atoms with Crippen LogP contribution in [-0.2, 0) is 4.79 Å². The van der Waals surface area contributed by atoms with E-state index in [1.807, 2.05) is 25.1 Å². The number of carbonyl (C=O) groups is 1. The van der Waals surface area contributed by atoms with E-state index in [1.165, 1.54) is 16.7 Å². The number of rotatable bonds is 2. The maximum Gasteiger partial charge on any atom is 0.226 e. The lowest BCUT2D eigenvalue weighted by Crippen LogP contribution is -2.25. The second-order valence-electron chi connectivity index (χ2n) is 7.39. The van der Waals surface area contributed by atoms with E-state index < -0.39 is 0 Å². The van der Waals surface area contributed by atoms with Crippen molar-refractivity contribution in [1.82, 2.24) is 14.8 Å². The fourth-order valence-electron chi connectivity index (χ4n) is 4.04. The predicted octanol–water partition coefficient (Wildman–Crippen LogP) is 4.88. The topological polar surface area (TPSA) is 59.8 Å². The highest BCUT2D eigenvalue weighted by Gasteiger charge is 2.33. The molecule has 0 saturated carbocycles. The average molecular weight is 388 g/mol. The quantitative estimate of drug-likeness (QED) is 0.532. The molecule has 6 heteroatoms. The molecule has 0 radical (unpaired) electrons. The van der Waals surface area contributed by atoms with Crippen LogP contribution in [0.2, 0.25) is 0 Å². The SMILES string of the molecule is Cc1ccc2nc(-n3nc(C)c4c3NC(=O)CC4c3ccccc3C)sc2c1. The standard InChI is InChI=1S/C22H20N4OS/c1-12-8-9-17-18(10-12)28-22(23-17)26-21-20(14(3)25-26)16(11-19(27)24-21)15-7-5-4-6-13(15)2/h4-10,16H,11H2,1-3H3,(H,24,27). The molecule has 1 unspecified atom stereocenters. The van der Waals surface area contributed by atoms with Crippen molar-refractivity contribution in [3.05, 3.63) is 70.4 Å². The van der Waals surface area contributed by atoms with Gasteiger partial charge in [-0.2, -0.15) is 9.78 Å². The van der Waals surface area contributed by atoms with Gasteiger partial charge in [-0.3, -0.25) is 4.79 Å². The number of thiazole rings is 1. The van der Waals surface area contributed by atoms with E-state index in [4.69, 9.17) is 10.1 Å². The Morgan fingerprint density at radius 1 is 1.14 bits per heavy atom. The van der Waals surface area contributed by atoms with Gasteiger partial charge in [0, 0.05) is 17.9 Å². The Hall–Kier alpha value is -2.99. The highest BCUT2D eigenvalue weighted by Crippen LogP contribution is 2.41. The number of aryl methyl sites for hydroxylation is 3. The van der Waals surface area contributed by atoms with Gasteiger partial charge in [-0.05, 0) is 49.6 Å². The van der Waals surface area contributed by atoms with Gasteiger partial charge in [-0.25, -0.2) is 4.98 Å². The Morgan fingerprint density at radius 3 is 2.79 bits per heavy atom. The molecule has 1 aliphatic heterocycles. The van der Waals surface area contributed by atoms with Crippen molar-refractivity contribution in [3.63, 3.8) is 0 Å². The number of amides is 1. The first kappa shape index (κ1) is 17.1. The first-order valence-corrected chi connectivity index (χ1v) is 10.2. The van der Waals surface area contributed by atoms with Gasteiger partial charge in [0.1, 0.15) is 5.82 Å². The number of hydrogen-bond donors (Lipinski definition) is 1. The molecule has 0 aliphatic carbocycles. The fourth-order valence-corrected chi connectivity index (χ4v) is 5.06. The Labute approximate surface area is 167 Å². The van der Waals surface area contributed by atoms with Crippen molar-refractivity contribution < 1.29 is 4.79 Å².